The van der Waals surface area contributed by atoms with Crippen molar-refractivity contribution in [3.63, 3.8) is 0 Å². The van der Waals surface area contributed by atoms with E-state index in [1.165, 1.54) is 17.4 Å². The molecular weight excluding hydrogens is 330 g/mol. The highest BCUT2D eigenvalue weighted by Crippen LogP contribution is 2.34. The Labute approximate surface area is 132 Å². The molecule has 0 saturated heterocycles. The van der Waals surface area contributed by atoms with Gasteiger partial charge in [-0.05, 0) is 24.6 Å². The fraction of sp³-hybridized carbons (Fsp3) is 0.0769. The zero-order valence-corrected chi connectivity index (χ0v) is 12.7. The number of anilines is 1. The lowest BCUT2D eigenvalue weighted by Crippen LogP contribution is -2.10. The van der Waals surface area contributed by atoms with Crippen LogP contribution in [0.5, 0.6) is 0 Å². The number of hydrogen-bond acceptors (Lipinski definition) is 6. The number of carbonyl (C=O) groups is 1. The Morgan fingerprint density at radius 2 is 2.18 bits per heavy atom. The fourth-order valence-electron chi connectivity index (χ4n) is 1.86. The molecule has 3 aromatic rings. The average Bonchev–Trinajstić information content (AvgIpc) is 3.10. The molecular formula is C13H8ClN3O4S. The Morgan fingerprint density at radius 1 is 1.41 bits per heavy atom. The summed E-state index contributed by atoms with van der Waals surface area (Å²) in [6.07, 6.45) is 0. The summed E-state index contributed by atoms with van der Waals surface area (Å²) in [6.45, 7) is 1.89. The summed E-state index contributed by atoms with van der Waals surface area (Å²) >= 11 is 7.32. The monoisotopic (exact) mass is 337 g/mol. The average molecular weight is 338 g/mol. The van der Waals surface area contributed by atoms with Gasteiger partial charge in [-0.1, -0.05) is 29.0 Å². The number of nitrogens with one attached hydrogen (secondary N) is 1. The third-order valence-corrected chi connectivity index (χ3v) is 4.34. The van der Waals surface area contributed by atoms with Crippen molar-refractivity contribution in [1.82, 2.24) is 4.98 Å². The lowest BCUT2D eigenvalue weighted by molar-refractivity contribution is -0.402. The number of aromatic nitrogens is 1. The number of benzene rings is 1. The van der Waals surface area contributed by atoms with Gasteiger partial charge in [0.05, 0.1) is 21.3 Å². The Hall–Kier alpha value is -2.45. The van der Waals surface area contributed by atoms with E-state index in [0.717, 1.165) is 16.3 Å². The second-order valence-electron chi connectivity index (χ2n) is 4.41. The predicted octanol–water partition coefficient (Wildman–Crippen LogP) is 4.01. The number of aryl methyl sites for hydroxylation is 1. The largest absolute Gasteiger partial charge is 0.433 e. The van der Waals surface area contributed by atoms with Gasteiger partial charge in [0.2, 0.25) is 0 Å². The summed E-state index contributed by atoms with van der Waals surface area (Å²) in [4.78, 5) is 26.1. The van der Waals surface area contributed by atoms with Gasteiger partial charge in [0.15, 0.2) is 10.9 Å². The van der Waals surface area contributed by atoms with Crippen LogP contribution in [-0.2, 0) is 0 Å². The van der Waals surface area contributed by atoms with Crippen LogP contribution in [0.1, 0.15) is 16.1 Å². The van der Waals surface area contributed by atoms with Crippen LogP contribution in [-0.4, -0.2) is 15.8 Å². The third kappa shape index (κ3) is 2.53. The van der Waals surface area contributed by atoms with E-state index in [0.29, 0.717) is 15.7 Å². The highest BCUT2D eigenvalue weighted by Gasteiger charge is 2.19. The van der Waals surface area contributed by atoms with Gasteiger partial charge in [-0.25, -0.2) is 4.98 Å². The van der Waals surface area contributed by atoms with Crippen LogP contribution in [0.4, 0.5) is 11.0 Å². The molecule has 0 saturated carbocycles. The lowest BCUT2D eigenvalue weighted by atomic mass is 10.2. The molecule has 0 radical (unpaired) electrons. The SMILES string of the molecule is Cc1ccc(Cl)c2sc(NC(=O)c3ccc([N+](=O)[O-])o3)nc12. The minimum absolute atomic E-state index is 0.159. The van der Waals surface area contributed by atoms with Gasteiger partial charge in [-0.15, -0.1) is 0 Å². The van der Waals surface area contributed by atoms with Crippen LogP contribution in [0.2, 0.25) is 5.02 Å². The summed E-state index contributed by atoms with van der Waals surface area (Å²) in [6, 6.07) is 5.96. The van der Waals surface area contributed by atoms with Crippen LogP contribution in [0, 0.1) is 17.0 Å². The number of furan rings is 1. The molecule has 9 heteroatoms. The molecule has 2 aromatic heterocycles. The molecule has 1 N–H and O–H groups in total. The Balaban J connectivity index is 1.89. The summed E-state index contributed by atoms with van der Waals surface area (Å²) < 4.78 is 5.61. The van der Waals surface area contributed by atoms with Gasteiger partial charge >= 0.3 is 5.88 Å². The number of carbonyl (C=O) groups excluding carboxylic acids is 1. The van der Waals surface area contributed by atoms with E-state index in [-0.39, 0.29) is 5.76 Å². The van der Waals surface area contributed by atoms with E-state index < -0.39 is 16.7 Å². The van der Waals surface area contributed by atoms with Gasteiger partial charge < -0.3 is 4.42 Å². The molecule has 0 aliphatic heterocycles. The highest BCUT2D eigenvalue weighted by molar-refractivity contribution is 7.23. The lowest BCUT2D eigenvalue weighted by Gasteiger charge is -1.96. The first-order valence-corrected chi connectivity index (χ1v) is 7.26. The van der Waals surface area contributed by atoms with E-state index in [2.05, 4.69) is 10.3 Å². The smallest absolute Gasteiger partial charge is 0.395 e. The van der Waals surface area contributed by atoms with Gasteiger partial charge in [0, 0.05) is 0 Å². The maximum atomic E-state index is 12.0. The zero-order valence-electron chi connectivity index (χ0n) is 11.1. The number of amides is 1. The van der Waals surface area contributed by atoms with Gasteiger partial charge in [-0.2, -0.15) is 0 Å². The molecule has 0 unspecified atom stereocenters. The van der Waals surface area contributed by atoms with E-state index in [4.69, 9.17) is 16.0 Å². The Kier molecular flexibility index (Phi) is 3.55. The summed E-state index contributed by atoms with van der Waals surface area (Å²) in [7, 11) is 0. The van der Waals surface area contributed by atoms with Crippen molar-refractivity contribution in [2.24, 2.45) is 0 Å². The standard InChI is InChI=1S/C13H8ClN3O4S/c1-6-2-3-7(14)11-10(6)15-13(22-11)16-12(18)8-4-5-9(21-8)17(19)20/h2-5H,1H3,(H,15,16,18). The van der Waals surface area contributed by atoms with Crippen LogP contribution >= 0.6 is 22.9 Å². The molecule has 0 aliphatic rings. The minimum atomic E-state index is -0.711. The third-order valence-electron chi connectivity index (χ3n) is 2.91. The molecule has 7 nitrogen and oxygen atoms in total. The number of fused-ring (bicyclic) bond motifs is 1. The van der Waals surface area contributed by atoms with E-state index in [1.807, 2.05) is 13.0 Å². The normalized spacial score (nSPS) is 10.8. The van der Waals surface area contributed by atoms with Crippen molar-refractivity contribution >= 4 is 50.1 Å². The van der Waals surface area contributed by atoms with Crippen molar-refractivity contribution in [3.05, 3.63) is 50.7 Å². The zero-order chi connectivity index (χ0) is 15.9. The quantitative estimate of drug-likeness (QED) is 0.575. The predicted molar refractivity (Wildman–Crippen MR) is 82.7 cm³/mol. The summed E-state index contributed by atoms with van der Waals surface area (Å²) in [5.41, 5.74) is 1.64. The minimum Gasteiger partial charge on any atom is -0.395 e. The van der Waals surface area contributed by atoms with Crippen LogP contribution in [0.15, 0.2) is 28.7 Å². The molecule has 3 rings (SSSR count). The van der Waals surface area contributed by atoms with Gasteiger partial charge in [0.25, 0.3) is 5.91 Å². The molecule has 1 aromatic carbocycles. The molecule has 2 heterocycles. The first kappa shape index (κ1) is 14.5. The van der Waals surface area contributed by atoms with Gasteiger partial charge in [0.1, 0.15) is 4.92 Å². The molecule has 0 bridgehead atoms. The van der Waals surface area contributed by atoms with Crippen molar-refractivity contribution in [2.75, 3.05) is 5.32 Å². The van der Waals surface area contributed by atoms with Crippen molar-refractivity contribution in [2.45, 2.75) is 6.92 Å². The number of rotatable bonds is 3. The molecule has 0 atom stereocenters. The molecule has 112 valence electrons. The molecule has 1 amide bonds. The van der Waals surface area contributed by atoms with Crippen molar-refractivity contribution in [1.29, 1.82) is 0 Å². The molecule has 0 aliphatic carbocycles. The molecule has 22 heavy (non-hydrogen) atoms. The van der Waals surface area contributed by atoms with E-state index in [1.54, 1.807) is 6.07 Å². The number of hydrogen-bond donors (Lipinski definition) is 1. The number of halogens is 1. The first-order valence-electron chi connectivity index (χ1n) is 6.07. The number of thiazole rings is 1. The summed E-state index contributed by atoms with van der Waals surface area (Å²) in [5, 5.41) is 14.0. The maximum Gasteiger partial charge on any atom is 0.433 e. The van der Waals surface area contributed by atoms with Crippen LogP contribution in [0.25, 0.3) is 10.2 Å². The van der Waals surface area contributed by atoms with Crippen molar-refractivity contribution < 1.29 is 14.1 Å². The highest BCUT2D eigenvalue weighted by atomic mass is 35.5. The second kappa shape index (κ2) is 5.39. The topological polar surface area (TPSA) is 98.3 Å². The van der Waals surface area contributed by atoms with Crippen LogP contribution < -0.4 is 5.32 Å². The van der Waals surface area contributed by atoms with Crippen LogP contribution in [0.3, 0.4) is 0 Å². The Bertz CT molecular complexity index is 863. The number of nitro groups is 1. The first-order chi connectivity index (χ1) is 10.5. The van der Waals surface area contributed by atoms with E-state index in [9.17, 15) is 14.9 Å². The van der Waals surface area contributed by atoms with E-state index >= 15 is 0 Å². The Morgan fingerprint density at radius 3 is 2.82 bits per heavy atom. The van der Waals surface area contributed by atoms with Gasteiger partial charge in [-0.3, -0.25) is 20.2 Å². The van der Waals surface area contributed by atoms with Crippen molar-refractivity contribution in [3.8, 4) is 0 Å². The molecule has 0 fully saturated rings. The maximum absolute atomic E-state index is 12.0. The fourth-order valence-corrected chi connectivity index (χ4v) is 3.07. The second-order valence-corrected chi connectivity index (χ2v) is 5.82. The molecule has 0 spiro atoms. The summed E-state index contributed by atoms with van der Waals surface area (Å²) in [5.74, 6) is -1.26. The number of nitrogens with zero attached hydrogens (tertiary/aromatic N) is 2.